The number of rotatable bonds is 6. The van der Waals surface area contributed by atoms with Crippen molar-refractivity contribution in [2.45, 2.75) is 13.8 Å². The summed E-state index contributed by atoms with van der Waals surface area (Å²) in [5.41, 5.74) is -1.06. The summed E-state index contributed by atoms with van der Waals surface area (Å²) in [6, 6.07) is 4.81. The van der Waals surface area contributed by atoms with E-state index in [1.54, 1.807) is 13.0 Å². The van der Waals surface area contributed by atoms with Gasteiger partial charge in [-0.3, -0.25) is 25.0 Å². The van der Waals surface area contributed by atoms with Gasteiger partial charge >= 0.3 is 0 Å². The third-order valence-electron chi connectivity index (χ3n) is 3.56. The Hall–Kier alpha value is -2.72. The van der Waals surface area contributed by atoms with Crippen molar-refractivity contribution < 1.29 is 19.4 Å². The molecule has 2 aromatic carbocycles. The van der Waals surface area contributed by atoms with Gasteiger partial charge in [-0.15, -0.1) is 0 Å². The fourth-order valence-corrected chi connectivity index (χ4v) is 3.27. The van der Waals surface area contributed by atoms with Gasteiger partial charge in [-0.05, 0) is 41.9 Å². The molecular weight excluding hydrogens is 446 g/mol. The van der Waals surface area contributed by atoms with Gasteiger partial charge in [0, 0.05) is 16.7 Å². The lowest BCUT2D eigenvalue weighted by Gasteiger charge is -2.14. The largest absolute Gasteiger partial charge is 0.491 e. The average Bonchev–Trinajstić information content (AvgIpc) is 2.57. The number of anilines is 1. The minimum absolute atomic E-state index is 0.00199. The molecule has 0 saturated carbocycles. The summed E-state index contributed by atoms with van der Waals surface area (Å²) >= 11 is 9.28. The molecule has 9 nitrogen and oxygen atoms in total. The van der Waals surface area contributed by atoms with Gasteiger partial charge in [-0.1, -0.05) is 11.6 Å². The molecule has 0 spiro atoms. The standard InChI is InChI=1S/C16H13BrClN3O6/c1-3-27-15-12(17)4-9(18)5-13(15)19-16(22)11-6-10(20(23)24)7-14(8(11)2)21(25)26/h4-7H,3H2,1-2H3,(H,19,22). The minimum Gasteiger partial charge on any atom is -0.491 e. The molecule has 142 valence electrons. The molecule has 1 amide bonds. The highest BCUT2D eigenvalue weighted by molar-refractivity contribution is 9.10. The van der Waals surface area contributed by atoms with Crippen LogP contribution in [0.1, 0.15) is 22.8 Å². The highest BCUT2D eigenvalue weighted by atomic mass is 79.9. The molecule has 0 aliphatic heterocycles. The van der Waals surface area contributed by atoms with Crippen LogP contribution >= 0.6 is 27.5 Å². The van der Waals surface area contributed by atoms with Gasteiger partial charge < -0.3 is 10.1 Å². The first-order valence-corrected chi connectivity index (χ1v) is 8.69. The van der Waals surface area contributed by atoms with E-state index in [-0.39, 0.29) is 16.8 Å². The average molecular weight is 459 g/mol. The van der Waals surface area contributed by atoms with Crippen molar-refractivity contribution in [3.63, 3.8) is 0 Å². The Morgan fingerprint density at radius 2 is 1.89 bits per heavy atom. The maximum atomic E-state index is 12.7. The number of carbonyl (C=O) groups is 1. The van der Waals surface area contributed by atoms with E-state index in [1.165, 1.54) is 13.0 Å². The Kier molecular flexibility index (Phi) is 6.34. The van der Waals surface area contributed by atoms with Gasteiger partial charge in [0.1, 0.15) is 0 Å². The minimum atomic E-state index is -0.801. The maximum Gasteiger partial charge on any atom is 0.279 e. The Bertz CT molecular complexity index is 950. The van der Waals surface area contributed by atoms with Crippen molar-refractivity contribution in [2.24, 2.45) is 0 Å². The molecule has 0 unspecified atom stereocenters. The Morgan fingerprint density at radius 1 is 1.22 bits per heavy atom. The molecule has 27 heavy (non-hydrogen) atoms. The van der Waals surface area contributed by atoms with E-state index in [1.807, 2.05) is 0 Å². The molecule has 0 aliphatic rings. The first-order chi connectivity index (χ1) is 12.6. The molecule has 0 heterocycles. The van der Waals surface area contributed by atoms with Crippen LogP contribution in [-0.2, 0) is 0 Å². The number of benzene rings is 2. The second-order valence-corrected chi connectivity index (χ2v) is 6.59. The van der Waals surface area contributed by atoms with E-state index in [0.29, 0.717) is 21.9 Å². The predicted octanol–water partition coefficient (Wildman–Crippen LogP) is 4.88. The lowest BCUT2D eigenvalue weighted by molar-refractivity contribution is -0.394. The van der Waals surface area contributed by atoms with Crippen LogP contribution in [0.2, 0.25) is 5.02 Å². The van der Waals surface area contributed by atoms with Crippen LogP contribution in [-0.4, -0.2) is 22.4 Å². The van der Waals surface area contributed by atoms with Crippen LogP contribution in [0.4, 0.5) is 17.1 Å². The van der Waals surface area contributed by atoms with Crippen LogP contribution in [0.3, 0.4) is 0 Å². The Morgan fingerprint density at radius 3 is 2.44 bits per heavy atom. The van der Waals surface area contributed by atoms with Gasteiger partial charge in [0.25, 0.3) is 17.3 Å². The highest BCUT2D eigenvalue weighted by Gasteiger charge is 2.25. The van der Waals surface area contributed by atoms with Crippen molar-refractivity contribution in [1.82, 2.24) is 0 Å². The number of halogens is 2. The highest BCUT2D eigenvalue weighted by Crippen LogP contribution is 2.37. The maximum absolute atomic E-state index is 12.7. The van der Waals surface area contributed by atoms with Crippen LogP contribution < -0.4 is 10.1 Å². The summed E-state index contributed by atoms with van der Waals surface area (Å²) < 4.78 is 5.97. The smallest absolute Gasteiger partial charge is 0.279 e. The summed E-state index contributed by atoms with van der Waals surface area (Å²) in [4.78, 5) is 33.3. The summed E-state index contributed by atoms with van der Waals surface area (Å²) in [7, 11) is 0. The van der Waals surface area contributed by atoms with Crippen molar-refractivity contribution >= 4 is 50.5 Å². The van der Waals surface area contributed by atoms with Crippen molar-refractivity contribution in [1.29, 1.82) is 0 Å². The van der Waals surface area contributed by atoms with Crippen LogP contribution in [0.15, 0.2) is 28.7 Å². The number of ether oxygens (including phenoxy) is 1. The number of nitro benzene ring substituents is 2. The quantitative estimate of drug-likeness (QED) is 0.486. The van der Waals surface area contributed by atoms with Gasteiger partial charge in [0.2, 0.25) is 0 Å². The molecule has 0 fully saturated rings. The zero-order chi connectivity index (χ0) is 20.3. The zero-order valence-electron chi connectivity index (χ0n) is 14.1. The van der Waals surface area contributed by atoms with Gasteiger partial charge in [-0.2, -0.15) is 0 Å². The molecule has 1 N–H and O–H groups in total. The van der Waals surface area contributed by atoms with E-state index in [9.17, 15) is 25.0 Å². The van der Waals surface area contributed by atoms with Crippen LogP contribution in [0.5, 0.6) is 5.75 Å². The fraction of sp³-hybridized carbons (Fsp3) is 0.188. The number of hydrogen-bond donors (Lipinski definition) is 1. The van der Waals surface area contributed by atoms with Crippen LogP contribution in [0.25, 0.3) is 0 Å². The molecular formula is C16H13BrClN3O6. The molecule has 2 aromatic rings. The number of hydrogen-bond acceptors (Lipinski definition) is 6. The molecule has 0 saturated heterocycles. The SMILES string of the molecule is CCOc1c(Br)cc(Cl)cc1NC(=O)c1cc([N+](=O)[O-])cc([N+](=O)[O-])c1C. The van der Waals surface area contributed by atoms with E-state index >= 15 is 0 Å². The topological polar surface area (TPSA) is 125 Å². The monoisotopic (exact) mass is 457 g/mol. The van der Waals surface area contributed by atoms with E-state index < -0.39 is 27.1 Å². The van der Waals surface area contributed by atoms with Crippen LogP contribution in [0, 0.1) is 27.2 Å². The number of amides is 1. The summed E-state index contributed by atoms with van der Waals surface area (Å²) in [6.07, 6.45) is 0. The van der Waals surface area contributed by atoms with Gasteiger partial charge in [-0.25, -0.2) is 0 Å². The van der Waals surface area contributed by atoms with E-state index in [4.69, 9.17) is 16.3 Å². The molecule has 0 bridgehead atoms. The fourth-order valence-electron chi connectivity index (χ4n) is 2.35. The number of non-ortho nitro benzene ring substituents is 1. The van der Waals surface area contributed by atoms with Gasteiger partial charge in [0.05, 0.1) is 38.2 Å². The summed E-state index contributed by atoms with van der Waals surface area (Å²) in [5, 5.41) is 25.1. The first-order valence-electron chi connectivity index (χ1n) is 7.52. The van der Waals surface area contributed by atoms with Gasteiger partial charge in [0.15, 0.2) is 5.75 Å². The lowest BCUT2D eigenvalue weighted by atomic mass is 10.0. The Labute approximate surface area is 166 Å². The number of carbonyl (C=O) groups excluding carboxylic acids is 1. The summed E-state index contributed by atoms with van der Waals surface area (Å²) in [5.74, 6) is -0.456. The summed E-state index contributed by atoms with van der Waals surface area (Å²) in [6.45, 7) is 3.40. The van der Waals surface area contributed by atoms with Crippen molar-refractivity contribution in [3.05, 3.63) is 65.1 Å². The van der Waals surface area contributed by atoms with Crippen molar-refractivity contribution in [2.75, 3.05) is 11.9 Å². The van der Waals surface area contributed by atoms with E-state index in [2.05, 4.69) is 21.2 Å². The molecule has 0 atom stereocenters. The second kappa shape index (κ2) is 8.31. The number of nitrogens with one attached hydrogen (secondary N) is 1. The predicted molar refractivity (Wildman–Crippen MR) is 103 cm³/mol. The number of nitrogens with zero attached hydrogens (tertiary/aromatic N) is 2. The third kappa shape index (κ3) is 4.52. The molecule has 0 aliphatic carbocycles. The molecule has 0 aromatic heterocycles. The normalized spacial score (nSPS) is 10.4. The molecule has 11 heteroatoms. The van der Waals surface area contributed by atoms with Crippen molar-refractivity contribution in [3.8, 4) is 5.75 Å². The van der Waals surface area contributed by atoms with E-state index in [0.717, 1.165) is 12.1 Å². The zero-order valence-corrected chi connectivity index (χ0v) is 16.5. The first kappa shape index (κ1) is 20.6. The Balaban J connectivity index is 2.54. The third-order valence-corrected chi connectivity index (χ3v) is 4.37. The molecule has 0 radical (unpaired) electrons. The lowest BCUT2D eigenvalue weighted by Crippen LogP contribution is -2.16. The second-order valence-electron chi connectivity index (χ2n) is 5.30. The molecule has 2 rings (SSSR count). The number of nitro groups is 2.